The van der Waals surface area contributed by atoms with E-state index in [0.717, 1.165) is 39.7 Å². The van der Waals surface area contributed by atoms with Crippen LogP contribution in [-0.4, -0.2) is 0 Å². The van der Waals surface area contributed by atoms with Gasteiger partial charge < -0.3 is 9.32 Å². The first-order valence-corrected chi connectivity index (χ1v) is 14.9. The molecule has 0 radical (unpaired) electrons. The van der Waals surface area contributed by atoms with E-state index in [2.05, 4.69) is 169 Å². The van der Waals surface area contributed by atoms with Gasteiger partial charge in [-0.2, -0.15) is 0 Å². The minimum atomic E-state index is 0.845. The lowest BCUT2D eigenvalue weighted by molar-refractivity contribution is 0.598. The van der Waals surface area contributed by atoms with E-state index in [-0.39, 0.29) is 0 Å². The van der Waals surface area contributed by atoms with Gasteiger partial charge in [0, 0.05) is 28.2 Å². The number of furan rings is 1. The third kappa shape index (κ3) is 4.54. The van der Waals surface area contributed by atoms with Gasteiger partial charge in [-0.15, -0.1) is 0 Å². The molecule has 2 heteroatoms. The molecule has 0 atom stereocenters. The van der Waals surface area contributed by atoms with Gasteiger partial charge in [-0.05, 0) is 93.3 Å². The van der Waals surface area contributed by atoms with E-state index in [1.807, 2.05) is 12.1 Å². The first kappa shape index (κ1) is 25.8. The summed E-state index contributed by atoms with van der Waals surface area (Å²) in [5.41, 5.74) is 7.95. The molecule has 2 nitrogen and oxygen atoms in total. The molecular formula is C42H29NO. The minimum Gasteiger partial charge on any atom is -0.456 e. The van der Waals surface area contributed by atoms with Gasteiger partial charge in [-0.3, -0.25) is 0 Å². The van der Waals surface area contributed by atoms with E-state index in [0.29, 0.717) is 0 Å². The molecule has 7 aromatic carbocycles. The van der Waals surface area contributed by atoms with Crippen molar-refractivity contribution >= 4 is 38.6 Å². The fourth-order valence-electron chi connectivity index (χ4n) is 6.31. The fourth-order valence-corrected chi connectivity index (χ4v) is 6.31. The van der Waals surface area contributed by atoms with Crippen molar-refractivity contribution in [2.75, 3.05) is 4.90 Å². The smallest absolute Gasteiger partial charge is 0.136 e. The van der Waals surface area contributed by atoms with Gasteiger partial charge in [0.15, 0.2) is 0 Å². The Morgan fingerprint density at radius 2 is 0.705 bits per heavy atom. The zero-order valence-electron chi connectivity index (χ0n) is 24.1. The van der Waals surface area contributed by atoms with E-state index in [1.165, 1.54) is 32.7 Å². The van der Waals surface area contributed by atoms with Crippen molar-refractivity contribution in [3.63, 3.8) is 0 Å². The molecule has 0 saturated heterocycles. The van der Waals surface area contributed by atoms with E-state index in [9.17, 15) is 0 Å². The normalized spacial score (nSPS) is 11.2. The van der Waals surface area contributed by atoms with Crippen LogP contribution in [0.2, 0.25) is 0 Å². The lowest BCUT2D eigenvalue weighted by atomic mass is 9.88. The van der Waals surface area contributed by atoms with Crippen molar-refractivity contribution in [2.45, 2.75) is 0 Å². The maximum Gasteiger partial charge on any atom is 0.136 e. The lowest BCUT2D eigenvalue weighted by Crippen LogP contribution is -2.09. The molecule has 0 aliphatic carbocycles. The molecule has 44 heavy (non-hydrogen) atoms. The van der Waals surface area contributed by atoms with Crippen LogP contribution in [0.4, 0.5) is 17.1 Å². The summed E-state index contributed by atoms with van der Waals surface area (Å²) in [4.78, 5) is 2.27. The van der Waals surface area contributed by atoms with Gasteiger partial charge >= 0.3 is 0 Å². The van der Waals surface area contributed by atoms with Crippen LogP contribution in [0.3, 0.4) is 0 Å². The second-order valence-corrected chi connectivity index (χ2v) is 10.9. The van der Waals surface area contributed by atoms with E-state index >= 15 is 0 Å². The Kier molecular flexibility index (Phi) is 6.51. The van der Waals surface area contributed by atoms with Crippen molar-refractivity contribution in [3.05, 3.63) is 176 Å². The molecule has 8 rings (SSSR count). The molecule has 1 aromatic heterocycles. The predicted molar refractivity (Wildman–Crippen MR) is 185 cm³/mol. The SMILES string of the molecule is c1ccc(-c2c3ccccc3c(-c3ccc(-c4ccc(N(c5ccccc5)c5ccccc5)cc4)o3)c3ccccc23)cc1. The number of hydrogen-bond acceptors (Lipinski definition) is 2. The van der Waals surface area contributed by atoms with Gasteiger partial charge in [0.2, 0.25) is 0 Å². The van der Waals surface area contributed by atoms with Gasteiger partial charge in [0.05, 0.1) is 0 Å². The molecule has 208 valence electrons. The summed E-state index contributed by atoms with van der Waals surface area (Å²) >= 11 is 0. The molecule has 0 N–H and O–H groups in total. The van der Waals surface area contributed by atoms with Crippen LogP contribution in [0.25, 0.3) is 55.3 Å². The Bertz CT molecular complexity index is 2100. The van der Waals surface area contributed by atoms with E-state index < -0.39 is 0 Å². The summed E-state index contributed by atoms with van der Waals surface area (Å²) in [6.45, 7) is 0. The van der Waals surface area contributed by atoms with Crippen LogP contribution >= 0.6 is 0 Å². The molecule has 0 fully saturated rings. The zero-order chi connectivity index (χ0) is 29.3. The number of nitrogens with zero attached hydrogens (tertiary/aromatic N) is 1. The Hall–Kier alpha value is -5.86. The second kappa shape index (κ2) is 11.1. The molecule has 0 amide bonds. The van der Waals surface area contributed by atoms with Crippen LogP contribution in [-0.2, 0) is 0 Å². The van der Waals surface area contributed by atoms with Crippen LogP contribution in [0.15, 0.2) is 180 Å². The van der Waals surface area contributed by atoms with Crippen molar-refractivity contribution in [1.82, 2.24) is 0 Å². The fraction of sp³-hybridized carbons (Fsp3) is 0. The van der Waals surface area contributed by atoms with Gasteiger partial charge in [-0.1, -0.05) is 115 Å². The molecule has 8 aromatic rings. The standard InChI is InChI=1S/C42H29NO/c1-4-14-31(15-5-1)41-35-20-10-12-22-37(35)42(38-23-13-11-21-36(38)41)40-29-28-39(44-40)30-24-26-34(27-25-30)43(32-16-6-2-7-17-32)33-18-8-3-9-19-33/h1-29H. The second-order valence-electron chi connectivity index (χ2n) is 10.9. The minimum absolute atomic E-state index is 0.845. The molecule has 0 aliphatic heterocycles. The van der Waals surface area contributed by atoms with Crippen LogP contribution in [0.5, 0.6) is 0 Å². The van der Waals surface area contributed by atoms with Crippen LogP contribution in [0, 0.1) is 0 Å². The number of para-hydroxylation sites is 2. The van der Waals surface area contributed by atoms with E-state index in [1.54, 1.807) is 0 Å². The quantitative estimate of drug-likeness (QED) is 0.187. The number of hydrogen-bond donors (Lipinski definition) is 0. The average Bonchev–Trinajstić information content (AvgIpc) is 3.59. The molecule has 0 bridgehead atoms. The Morgan fingerprint density at radius 3 is 1.23 bits per heavy atom. The van der Waals surface area contributed by atoms with Gasteiger partial charge in [-0.25, -0.2) is 0 Å². The Labute approximate surface area is 257 Å². The van der Waals surface area contributed by atoms with Crippen molar-refractivity contribution in [2.24, 2.45) is 0 Å². The topological polar surface area (TPSA) is 16.4 Å². The zero-order valence-corrected chi connectivity index (χ0v) is 24.1. The summed E-state index contributed by atoms with van der Waals surface area (Å²) in [5, 5.41) is 4.80. The van der Waals surface area contributed by atoms with E-state index in [4.69, 9.17) is 4.42 Å². The molecule has 0 spiro atoms. The van der Waals surface area contributed by atoms with Crippen LogP contribution < -0.4 is 4.90 Å². The maximum absolute atomic E-state index is 6.67. The first-order chi connectivity index (χ1) is 21.8. The Morgan fingerprint density at radius 1 is 0.295 bits per heavy atom. The summed E-state index contributed by atoms with van der Waals surface area (Å²) in [6.07, 6.45) is 0. The summed E-state index contributed by atoms with van der Waals surface area (Å²) in [6, 6.07) is 61.8. The van der Waals surface area contributed by atoms with Crippen molar-refractivity contribution in [3.8, 4) is 33.8 Å². The molecule has 0 saturated carbocycles. The maximum atomic E-state index is 6.67. The predicted octanol–water partition coefficient (Wildman–Crippen LogP) is 12.1. The van der Waals surface area contributed by atoms with Crippen molar-refractivity contribution in [1.29, 1.82) is 0 Å². The highest BCUT2D eigenvalue weighted by Gasteiger charge is 2.19. The van der Waals surface area contributed by atoms with Gasteiger partial charge in [0.25, 0.3) is 0 Å². The molecular weight excluding hydrogens is 534 g/mol. The Balaban J connectivity index is 1.22. The number of benzene rings is 7. The monoisotopic (exact) mass is 563 g/mol. The summed E-state index contributed by atoms with van der Waals surface area (Å²) in [7, 11) is 0. The molecule has 0 unspecified atom stereocenters. The number of fused-ring (bicyclic) bond motifs is 2. The highest BCUT2D eigenvalue weighted by atomic mass is 16.3. The van der Waals surface area contributed by atoms with Crippen molar-refractivity contribution < 1.29 is 4.42 Å². The van der Waals surface area contributed by atoms with Gasteiger partial charge in [0.1, 0.15) is 11.5 Å². The number of rotatable bonds is 6. The summed E-state index contributed by atoms with van der Waals surface area (Å²) < 4.78 is 6.67. The molecule has 0 aliphatic rings. The largest absolute Gasteiger partial charge is 0.456 e. The summed E-state index contributed by atoms with van der Waals surface area (Å²) in [5.74, 6) is 1.71. The third-order valence-corrected chi connectivity index (χ3v) is 8.29. The lowest BCUT2D eigenvalue weighted by Gasteiger charge is -2.25. The first-order valence-electron chi connectivity index (χ1n) is 14.9. The average molecular weight is 564 g/mol. The van der Waals surface area contributed by atoms with Crippen LogP contribution in [0.1, 0.15) is 0 Å². The third-order valence-electron chi connectivity index (χ3n) is 8.29. The highest BCUT2D eigenvalue weighted by molar-refractivity contribution is 6.20. The number of anilines is 3. The molecule has 1 heterocycles. The highest BCUT2D eigenvalue weighted by Crippen LogP contribution is 2.44.